The SMILES string of the molecule is Cc1cc(CNC(=O)c2ccncc2)ccc1OCC(F)(F)F. The third-order valence-electron chi connectivity index (χ3n) is 3.03. The normalized spacial score (nSPS) is 11.1. The maximum absolute atomic E-state index is 12.1. The Bertz CT molecular complexity index is 673. The molecule has 1 N–H and O–H groups in total. The molecule has 0 radical (unpaired) electrons. The molecule has 7 heteroatoms. The van der Waals surface area contributed by atoms with Gasteiger partial charge in [0.1, 0.15) is 5.75 Å². The van der Waals surface area contributed by atoms with Gasteiger partial charge in [-0.25, -0.2) is 0 Å². The van der Waals surface area contributed by atoms with Gasteiger partial charge in [0, 0.05) is 24.5 Å². The van der Waals surface area contributed by atoms with Crippen molar-refractivity contribution in [1.82, 2.24) is 10.3 Å². The quantitative estimate of drug-likeness (QED) is 0.918. The lowest BCUT2D eigenvalue weighted by Crippen LogP contribution is -2.23. The van der Waals surface area contributed by atoms with E-state index < -0.39 is 12.8 Å². The summed E-state index contributed by atoms with van der Waals surface area (Å²) in [6, 6.07) is 7.95. The number of carbonyl (C=O) groups excluding carboxylic acids is 1. The fourth-order valence-corrected chi connectivity index (χ4v) is 1.93. The summed E-state index contributed by atoms with van der Waals surface area (Å²) in [5.41, 5.74) is 1.83. The first-order valence-electron chi connectivity index (χ1n) is 6.82. The molecule has 1 heterocycles. The minimum absolute atomic E-state index is 0.173. The van der Waals surface area contributed by atoms with Crippen LogP contribution in [0.5, 0.6) is 5.75 Å². The molecule has 0 saturated heterocycles. The number of amides is 1. The highest BCUT2D eigenvalue weighted by molar-refractivity contribution is 5.93. The lowest BCUT2D eigenvalue weighted by Gasteiger charge is -2.12. The average molecular weight is 324 g/mol. The van der Waals surface area contributed by atoms with Crippen molar-refractivity contribution in [3.05, 3.63) is 59.4 Å². The van der Waals surface area contributed by atoms with Crippen LogP contribution in [0.15, 0.2) is 42.7 Å². The van der Waals surface area contributed by atoms with E-state index in [1.54, 1.807) is 31.2 Å². The number of ether oxygens (including phenoxy) is 1. The van der Waals surface area contributed by atoms with Crippen molar-refractivity contribution in [2.75, 3.05) is 6.61 Å². The summed E-state index contributed by atoms with van der Waals surface area (Å²) in [7, 11) is 0. The van der Waals surface area contributed by atoms with Crippen molar-refractivity contribution >= 4 is 5.91 Å². The second-order valence-corrected chi connectivity index (χ2v) is 4.92. The zero-order valence-electron chi connectivity index (χ0n) is 12.4. The van der Waals surface area contributed by atoms with Gasteiger partial charge >= 0.3 is 6.18 Å². The van der Waals surface area contributed by atoms with Crippen LogP contribution in [0.1, 0.15) is 21.5 Å². The van der Waals surface area contributed by atoms with E-state index in [2.05, 4.69) is 10.3 Å². The largest absolute Gasteiger partial charge is 0.484 e. The number of aryl methyl sites for hydroxylation is 1. The second kappa shape index (κ2) is 7.13. The van der Waals surface area contributed by atoms with E-state index in [0.29, 0.717) is 11.1 Å². The number of benzene rings is 1. The molecule has 0 aliphatic heterocycles. The zero-order chi connectivity index (χ0) is 16.9. The Morgan fingerprint density at radius 3 is 2.52 bits per heavy atom. The van der Waals surface area contributed by atoms with Crippen molar-refractivity contribution in [1.29, 1.82) is 0 Å². The van der Waals surface area contributed by atoms with Gasteiger partial charge in [0.15, 0.2) is 6.61 Å². The number of pyridine rings is 1. The minimum Gasteiger partial charge on any atom is -0.484 e. The predicted octanol–water partition coefficient (Wildman–Crippen LogP) is 3.26. The number of hydrogen-bond acceptors (Lipinski definition) is 3. The van der Waals surface area contributed by atoms with Crippen molar-refractivity contribution in [2.24, 2.45) is 0 Å². The first-order chi connectivity index (χ1) is 10.8. The molecule has 0 aliphatic rings. The molecule has 0 atom stereocenters. The maximum atomic E-state index is 12.1. The molecular formula is C16H15F3N2O2. The second-order valence-electron chi connectivity index (χ2n) is 4.92. The fourth-order valence-electron chi connectivity index (χ4n) is 1.93. The standard InChI is InChI=1S/C16H15F3N2O2/c1-11-8-12(2-3-14(11)23-10-16(17,18)19)9-21-15(22)13-4-6-20-7-5-13/h2-8H,9-10H2,1H3,(H,21,22). The predicted molar refractivity (Wildman–Crippen MR) is 78.1 cm³/mol. The molecule has 0 unspecified atom stereocenters. The summed E-state index contributed by atoms with van der Waals surface area (Å²) in [4.78, 5) is 15.7. The monoisotopic (exact) mass is 324 g/mol. The molecule has 1 aromatic carbocycles. The summed E-state index contributed by atoms with van der Waals surface area (Å²) in [6.45, 7) is 0.591. The summed E-state index contributed by atoms with van der Waals surface area (Å²) < 4.78 is 41.2. The van der Waals surface area contributed by atoms with Crippen molar-refractivity contribution in [3.8, 4) is 5.75 Å². The van der Waals surface area contributed by atoms with Gasteiger partial charge in [-0.05, 0) is 36.2 Å². The average Bonchev–Trinajstić information content (AvgIpc) is 2.51. The maximum Gasteiger partial charge on any atom is 0.422 e. The van der Waals surface area contributed by atoms with Gasteiger partial charge in [-0.2, -0.15) is 13.2 Å². The lowest BCUT2D eigenvalue weighted by atomic mass is 10.1. The van der Waals surface area contributed by atoms with Crippen LogP contribution in [0.25, 0.3) is 0 Å². The molecule has 1 aromatic heterocycles. The first-order valence-corrected chi connectivity index (χ1v) is 6.82. The smallest absolute Gasteiger partial charge is 0.422 e. The molecule has 122 valence electrons. The van der Waals surface area contributed by atoms with Crippen LogP contribution >= 0.6 is 0 Å². The van der Waals surface area contributed by atoms with Gasteiger partial charge in [-0.1, -0.05) is 12.1 Å². The van der Waals surface area contributed by atoms with Gasteiger partial charge in [0.05, 0.1) is 0 Å². The zero-order valence-corrected chi connectivity index (χ0v) is 12.4. The van der Waals surface area contributed by atoms with Gasteiger partial charge in [0.25, 0.3) is 5.91 Å². The summed E-state index contributed by atoms with van der Waals surface area (Å²) in [6.07, 6.45) is -1.33. The van der Waals surface area contributed by atoms with Crippen LogP contribution in [-0.4, -0.2) is 23.7 Å². The highest BCUT2D eigenvalue weighted by Crippen LogP contribution is 2.22. The van der Waals surface area contributed by atoms with E-state index in [-0.39, 0.29) is 18.2 Å². The van der Waals surface area contributed by atoms with Crippen molar-refractivity contribution in [3.63, 3.8) is 0 Å². The van der Waals surface area contributed by atoms with Crippen LogP contribution < -0.4 is 10.1 Å². The molecule has 23 heavy (non-hydrogen) atoms. The summed E-state index contributed by atoms with van der Waals surface area (Å²) in [5.74, 6) is -0.0750. The third kappa shape index (κ3) is 5.28. The topological polar surface area (TPSA) is 51.2 Å². The number of carbonyl (C=O) groups is 1. The molecule has 4 nitrogen and oxygen atoms in total. The number of nitrogens with one attached hydrogen (secondary N) is 1. The molecule has 1 amide bonds. The van der Waals surface area contributed by atoms with Crippen LogP contribution in [0, 0.1) is 6.92 Å². The molecule has 0 spiro atoms. The van der Waals surface area contributed by atoms with Gasteiger partial charge in [-0.3, -0.25) is 9.78 Å². The van der Waals surface area contributed by atoms with Crippen LogP contribution in [0.3, 0.4) is 0 Å². The number of nitrogens with zero attached hydrogens (tertiary/aromatic N) is 1. The van der Waals surface area contributed by atoms with Gasteiger partial charge in [0.2, 0.25) is 0 Å². The Morgan fingerprint density at radius 2 is 1.91 bits per heavy atom. The molecule has 0 aliphatic carbocycles. The Kier molecular flexibility index (Phi) is 5.20. The lowest BCUT2D eigenvalue weighted by molar-refractivity contribution is -0.153. The highest BCUT2D eigenvalue weighted by atomic mass is 19.4. The number of alkyl halides is 3. The van der Waals surface area contributed by atoms with E-state index in [4.69, 9.17) is 4.74 Å². The van der Waals surface area contributed by atoms with Crippen LogP contribution in [-0.2, 0) is 6.54 Å². The number of hydrogen-bond donors (Lipinski definition) is 1. The molecule has 0 saturated carbocycles. The summed E-state index contributed by atoms with van der Waals surface area (Å²) in [5, 5.41) is 2.73. The van der Waals surface area contributed by atoms with E-state index in [1.807, 2.05) is 0 Å². The van der Waals surface area contributed by atoms with E-state index >= 15 is 0 Å². The number of aromatic nitrogens is 1. The van der Waals surface area contributed by atoms with E-state index in [0.717, 1.165) is 5.56 Å². The van der Waals surface area contributed by atoms with Crippen LogP contribution in [0.2, 0.25) is 0 Å². The van der Waals surface area contributed by atoms with Crippen molar-refractivity contribution in [2.45, 2.75) is 19.6 Å². The number of halogens is 3. The molecule has 0 bridgehead atoms. The molecule has 0 fully saturated rings. The van der Waals surface area contributed by atoms with E-state index in [9.17, 15) is 18.0 Å². The fraction of sp³-hybridized carbons (Fsp3) is 0.250. The van der Waals surface area contributed by atoms with E-state index in [1.165, 1.54) is 18.5 Å². The molecule has 2 rings (SSSR count). The Labute approximate surface area is 131 Å². The number of rotatable bonds is 5. The Balaban J connectivity index is 1.94. The Hall–Kier alpha value is -2.57. The molecular weight excluding hydrogens is 309 g/mol. The molecule has 2 aromatic rings. The summed E-state index contributed by atoms with van der Waals surface area (Å²) >= 11 is 0. The first kappa shape index (κ1) is 16.8. The van der Waals surface area contributed by atoms with Crippen LogP contribution in [0.4, 0.5) is 13.2 Å². The van der Waals surface area contributed by atoms with Crippen molar-refractivity contribution < 1.29 is 22.7 Å². The minimum atomic E-state index is -4.37. The van der Waals surface area contributed by atoms with Gasteiger partial charge < -0.3 is 10.1 Å². The Morgan fingerprint density at radius 1 is 1.22 bits per heavy atom. The third-order valence-corrected chi connectivity index (χ3v) is 3.03. The van der Waals surface area contributed by atoms with Gasteiger partial charge in [-0.15, -0.1) is 0 Å². The highest BCUT2D eigenvalue weighted by Gasteiger charge is 2.28.